The molecule has 0 amide bonds. The van der Waals surface area contributed by atoms with E-state index in [1.165, 1.54) is 0 Å². The number of hydrogen-bond acceptors (Lipinski definition) is 4. The van der Waals surface area contributed by atoms with Gasteiger partial charge in [0.15, 0.2) is 14.7 Å². The van der Waals surface area contributed by atoms with E-state index in [0.29, 0.717) is 0 Å². The molecular weight excluding hydrogens is 312 g/mol. The van der Waals surface area contributed by atoms with Gasteiger partial charge in [0.05, 0.1) is 5.25 Å². The van der Waals surface area contributed by atoms with Crippen molar-refractivity contribution in [3.05, 3.63) is 29.8 Å². The van der Waals surface area contributed by atoms with E-state index in [4.69, 9.17) is 0 Å². The molecule has 1 fully saturated rings. The average molecular weight is 325 g/mol. The van der Waals surface area contributed by atoms with E-state index in [-0.39, 0.29) is 19.5 Å². The summed E-state index contributed by atoms with van der Waals surface area (Å²) in [5.41, 5.74) is 0. The summed E-state index contributed by atoms with van der Waals surface area (Å²) in [6.45, 7) is -0.358. The highest BCUT2D eigenvalue weighted by Crippen LogP contribution is 2.27. The van der Waals surface area contributed by atoms with Crippen LogP contribution in [0, 0.1) is 11.6 Å². The molecule has 0 aliphatic carbocycles. The van der Waals surface area contributed by atoms with Crippen molar-refractivity contribution in [1.29, 1.82) is 0 Å². The first-order valence-electron chi connectivity index (χ1n) is 5.77. The first kappa shape index (κ1) is 15.3. The predicted octanol–water partition coefficient (Wildman–Crippen LogP) is 0.772. The van der Waals surface area contributed by atoms with Crippen LogP contribution in [-0.2, 0) is 19.9 Å². The summed E-state index contributed by atoms with van der Waals surface area (Å²) in [5.74, 6) is -2.37. The summed E-state index contributed by atoms with van der Waals surface area (Å²) in [6, 6.07) is 2.76. The number of rotatable bonds is 3. The Balaban J connectivity index is 2.39. The maximum atomic E-state index is 13.6. The molecule has 0 radical (unpaired) electrons. The molecule has 1 atom stereocenters. The Morgan fingerprint density at radius 2 is 1.70 bits per heavy atom. The zero-order valence-corrected chi connectivity index (χ0v) is 12.2. The minimum Gasteiger partial charge on any atom is -0.229 e. The number of nitrogens with zero attached hydrogens (tertiary/aromatic N) is 1. The summed E-state index contributed by atoms with van der Waals surface area (Å²) in [5, 5.41) is -0.841. The number of sulfone groups is 1. The van der Waals surface area contributed by atoms with Gasteiger partial charge in [-0.05, 0) is 18.6 Å². The van der Waals surface area contributed by atoms with E-state index >= 15 is 0 Å². The maximum Gasteiger partial charge on any atom is 0.248 e. The lowest BCUT2D eigenvalue weighted by Crippen LogP contribution is -2.32. The summed E-state index contributed by atoms with van der Waals surface area (Å²) >= 11 is 0. The normalized spacial score (nSPS) is 21.2. The van der Waals surface area contributed by atoms with Crippen LogP contribution in [0.5, 0.6) is 0 Å². The van der Waals surface area contributed by atoms with Gasteiger partial charge in [-0.1, -0.05) is 6.07 Å². The fraction of sp³-hybridized carbons (Fsp3) is 0.455. The molecule has 2 rings (SSSR count). The fourth-order valence-electron chi connectivity index (χ4n) is 2.12. The quantitative estimate of drug-likeness (QED) is 0.823. The lowest BCUT2D eigenvalue weighted by Gasteiger charge is -2.17. The fourth-order valence-corrected chi connectivity index (χ4v) is 4.81. The topological polar surface area (TPSA) is 71.5 Å². The summed E-state index contributed by atoms with van der Waals surface area (Å²) < 4.78 is 75.2. The molecule has 1 aliphatic heterocycles. The smallest absolute Gasteiger partial charge is 0.229 e. The van der Waals surface area contributed by atoms with Crippen molar-refractivity contribution in [2.45, 2.75) is 16.6 Å². The lowest BCUT2D eigenvalue weighted by atomic mass is 10.3. The van der Waals surface area contributed by atoms with E-state index in [0.717, 1.165) is 28.8 Å². The minimum absolute atomic E-state index is 0.0756. The molecule has 112 valence electrons. The second-order valence-corrected chi connectivity index (χ2v) is 8.85. The zero-order chi connectivity index (χ0) is 15.1. The van der Waals surface area contributed by atoms with Gasteiger partial charge in [0.2, 0.25) is 10.0 Å². The number of halogens is 2. The molecule has 1 aromatic carbocycles. The Morgan fingerprint density at radius 3 is 2.15 bits per heavy atom. The van der Waals surface area contributed by atoms with Gasteiger partial charge in [0.1, 0.15) is 11.6 Å². The molecule has 20 heavy (non-hydrogen) atoms. The highest BCUT2D eigenvalue weighted by atomic mass is 32.2. The number of hydrogen-bond donors (Lipinski definition) is 0. The molecular formula is C11H13F2NO4S2. The molecule has 0 N–H and O–H groups in total. The van der Waals surface area contributed by atoms with Gasteiger partial charge in [0.25, 0.3) is 0 Å². The van der Waals surface area contributed by atoms with Crippen LogP contribution in [0.25, 0.3) is 0 Å². The summed E-state index contributed by atoms with van der Waals surface area (Å²) in [7, 11) is -7.77. The molecule has 1 unspecified atom stereocenters. The molecule has 0 saturated carbocycles. The molecule has 9 heteroatoms. The summed E-state index contributed by atoms with van der Waals surface area (Å²) in [4.78, 5) is -1.03. The number of sulfonamides is 1. The molecule has 1 heterocycles. The first-order valence-corrected chi connectivity index (χ1v) is 9.16. The average Bonchev–Trinajstić information content (AvgIpc) is 2.77. The molecule has 1 aliphatic rings. The molecule has 1 saturated heterocycles. The van der Waals surface area contributed by atoms with Gasteiger partial charge in [-0.2, -0.15) is 4.31 Å². The first-order chi connectivity index (χ1) is 9.14. The SMILES string of the molecule is CS(=O)(=O)C1CCN(S(=O)(=O)c2c(F)cccc2F)C1. The second kappa shape index (κ2) is 5.05. The van der Waals surface area contributed by atoms with Crippen molar-refractivity contribution >= 4 is 19.9 Å². The Labute approximate surface area is 116 Å². The van der Waals surface area contributed by atoms with Crippen LogP contribution in [0.4, 0.5) is 8.78 Å². The third kappa shape index (κ3) is 2.70. The third-order valence-electron chi connectivity index (χ3n) is 3.23. The molecule has 0 bridgehead atoms. The van der Waals surface area contributed by atoms with E-state index < -0.39 is 41.6 Å². The predicted molar refractivity (Wildman–Crippen MR) is 68.4 cm³/mol. The van der Waals surface area contributed by atoms with Gasteiger partial charge in [-0.3, -0.25) is 0 Å². The van der Waals surface area contributed by atoms with Gasteiger partial charge in [0, 0.05) is 19.3 Å². The van der Waals surface area contributed by atoms with Gasteiger partial charge < -0.3 is 0 Å². The zero-order valence-electron chi connectivity index (χ0n) is 10.6. The lowest BCUT2D eigenvalue weighted by molar-refractivity contribution is 0.455. The van der Waals surface area contributed by atoms with Crippen LogP contribution < -0.4 is 0 Å². The van der Waals surface area contributed by atoms with Crippen LogP contribution in [0.3, 0.4) is 0 Å². The van der Waals surface area contributed by atoms with Crippen molar-refractivity contribution in [3.63, 3.8) is 0 Å². The Morgan fingerprint density at radius 1 is 1.15 bits per heavy atom. The second-order valence-electron chi connectivity index (χ2n) is 4.65. The van der Waals surface area contributed by atoms with Crippen LogP contribution in [0.15, 0.2) is 23.1 Å². The monoisotopic (exact) mass is 325 g/mol. The molecule has 5 nitrogen and oxygen atoms in total. The van der Waals surface area contributed by atoms with Gasteiger partial charge >= 0.3 is 0 Å². The highest BCUT2D eigenvalue weighted by molar-refractivity contribution is 7.91. The Bertz CT molecular complexity index is 711. The molecule has 0 aromatic heterocycles. The van der Waals surface area contributed by atoms with E-state index in [9.17, 15) is 25.6 Å². The van der Waals surface area contributed by atoms with Crippen LogP contribution in [0.1, 0.15) is 6.42 Å². The largest absolute Gasteiger partial charge is 0.248 e. The highest BCUT2D eigenvalue weighted by Gasteiger charge is 2.39. The van der Waals surface area contributed by atoms with Crippen molar-refractivity contribution in [2.75, 3.05) is 19.3 Å². The Hall–Kier alpha value is -1.06. The maximum absolute atomic E-state index is 13.6. The van der Waals surface area contributed by atoms with E-state index in [2.05, 4.69) is 0 Å². The van der Waals surface area contributed by atoms with Crippen molar-refractivity contribution in [1.82, 2.24) is 4.31 Å². The standard InChI is InChI=1S/C11H13F2NO4S2/c1-19(15,16)8-5-6-14(7-8)20(17,18)11-9(12)3-2-4-10(11)13/h2-4,8H,5-7H2,1H3. The van der Waals surface area contributed by atoms with Crippen LogP contribution in [-0.4, -0.2) is 45.7 Å². The van der Waals surface area contributed by atoms with Crippen LogP contribution in [0.2, 0.25) is 0 Å². The van der Waals surface area contributed by atoms with E-state index in [1.54, 1.807) is 0 Å². The van der Waals surface area contributed by atoms with Crippen LogP contribution >= 0.6 is 0 Å². The molecule has 1 aromatic rings. The van der Waals surface area contributed by atoms with E-state index in [1.807, 2.05) is 0 Å². The number of benzene rings is 1. The van der Waals surface area contributed by atoms with Crippen molar-refractivity contribution < 1.29 is 25.6 Å². The Kier molecular flexibility index (Phi) is 3.87. The van der Waals surface area contributed by atoms with Gasteiger partial charge in [-0.15, -0.1) is 0 Å². The van der Waals surface area contributed by atoms with Crippen molar-refractivity contribution in [3.8, 4) is 0 Å². The minimum atomic E-state index is -4.37. The molecule has 0 spiro atoms. The third-order valence-corrected chi connectivity index (χ3v) is 6.74. The van der Waals surface area contributed by atoms with Crippen molar-refractivity contribution in [2.24, 2.45) is 0 Å². The summed E-state index contributed by atoms with van der Waals surface area (Å²) in [6.07, 6.45) is 1.13. The van der Waals surface area contributed by atoms with Gasteiger partial charge in [-0.25, -0.2) is 25.6 Å².